The Hall–Kier alpha value is -3.42. The number of methoxy groups -OCH3 is 4. The average molecular weight is 469 g/mol. The van der Waals surface area contributed by atoms with Crippen molar-refractivity contribution in [3.8, 4) is 23.0 Å². The Balaban J connectivity index is 1.91. The van der Waals surface area contributed by atoms with Gasteiger partial charge in [-0.05, 0) is 54.7 Å². The molecule has 0 aliphatic carbocycles. The number of ether oxygens (including phenoxy) is 4. The first kappa shape index (κ1) is 23.7. The van der Waals surface area contributed by atoms with Crippen LogP contribution in [0.2, 0.25) is 0 Å². The normalized spacial score (nSPS) is 20.0. The van der Waals surface area contributed by atoms with Gasteiger partial charge in [-0.2, -0.15) is 0 Å². The van der Waals surface area contributed by atoms with E-state index in [0.29, 0.717) is 47.2 Å². The van der Waals surface area contributed by atoms with Gasteiger partial charge in [0.1, 0.15) is 0 Å². The summed E-state index contributed by atoms with van der Waals surface area (Å²) in [5.74, 6) is 1.29. The van der Waals surface area contributed by atoms with Crippen LogP contribution in [0.1, 0.15) is 52.7 Å². The third kappa shape index (κ3) is 4.02. The summed E-state index contributed by atoms with van der Waals surface area (Å²) in [5, 5.41) is 0. The zero-order valence-electron chi connectivity index (χ0n) is 20.4. The number of carbonyl (C=O) groups is 2. The number of fused-ring (bicyclic) bond motifs is 1. The third-order valence-electron chi connectivity index (χ3n) is 6.86. The summed E-state index contributed by atoms with van der Waals surface area (Å²) in [6.07, 6.45) is 3.08. The minimum atomic E-state index is -0.603. The van der Waals surface area contributed by atoms with Crippen LogP contribution in [0, 0.1) is 0 Å². The van der Waals surface area contributed by atoms with E-state index in [1.165, 1.54) is 7.11 Å². The van der Waals surface area contributed by atoms with Gasteiger partial charge >= 0.3 is 0 Å². The Morgan fingerprint density at radius 2 is 1.41 bits per heavy atom. The highest BCUT2D eigenvalue weighted by Gasteiger charge is 2.45. The molecule has 0 N–H and O–H groups in total. The highest BCUT2D eigenvalue weighted by Crippen LogP contribution is 2.47. The number of nitrogens with zero attached hydrogens (tertiary/aromatic N) is 2. The zero-order chi connectivity index (χ0) is 24.4. The second-order valence-corrected chi connectivity index (χ2v) is 8.63. The maximum Gasteiger partial charge on any atom is 0.254 e. The van der Waals surface area contributed by atoms with Crippen LogP contribution in [-0.4, -0.2) is 70.2 Å². The van der Waals surface area contributed by atoms with Crippen LogP contribution < -0.4 is 18.9 Å². The van der Waals surface area contributed by atoms with E-state index in [9.17, 15) is 9.59 Å². The monoisotopic (exact) mass is 468 g/mol. The smallest absolute Gasteiger partial charge is 0.254 e. The topological polar surface area (TPSA) is 77.5 Å². The van der Waals surface area contributed by atoms with E-state index in [-0.39, 0.29) is 11.8 Å². The number of benzene rings is 2. The van der Waals surface area contributed by atoms with Crippen molar-refractivity contribution < 1.29 is 28.5 Å². The summed E-state index contributed by atoms with van der Waals surface area (Å²) >= 11 is 0. The maximum atomic E-state index is 14.0. The lowest BCUT2D eigenvalue weighted by molar-refractivity contribution is -0.135. The Morgan fingerprint density at radius 1 is 0.824 bits per heavy atom. The number of likely N-dealkylation sites (N-methyl/N-ethyl adjacent to an activating group) is 1. The van der Waals surface area contributed by atoms with Gasteiger partial charge in [0.15, 0.2) is 23.0 Å². The number of likely N-dealkylation sites (tertiary alicyclic amines) is 1. The van der Waals surface area contributed by atoms with Gasteiger partial charge in [0, 0.05) is 25.7 Å². The Bertz CT molecular complexity index is 1080. The van der Waals surface area contributed by atoms with E-state index >= 15 is 0 Å². The van der Waals surface area contributed by atoms with Gasteiger partial charge in [0.2, 0.25) is 5.91 Å². The van der Waals surface area contributed by atoms with Gasteiger partial charge in [-0.3, -0.25) is 9.59 Å². The van der Waals surface area contributed by atoms with Gasteiger partial charge in [-0.25, -0.2) is 0 Å². The molecule has 0 saturated carbocycles. The first-order valence-corrected chi connectivity index (χ1v) is 11.5. The fraction of sp³-hybridized carbons (Fsp3) is 0.462. The molecule has 2 heterocycles. The summed E-state index contributed by atoms with van der Waals surface area (Å²) in [7, 11) is 7.96. The summed E-state index contributed by atoms with van der Waals surface area (Å²) in [6, 6.07) is 8.47. The van der Waals surface area contributed by atoms with E-state index in [1.807, 2.05) is 17.0 Å². The largest absolute Gasteiger partial charge is 0.493 e. The second kappa shape index (κ2) is 9.83. The van der Waals surface area contributed by atoms with Gasteiger partial charge in [-0.1, -0.05) is 6.07 Å². The van der Waals surface area contributed by atoms with Crippen molar-refractivity contribution in [3.05, 3.63) is 47.0 Å². The molecule has 2 aromatic carbocycles. The van der Waals surface area contributed by atoms with Crippen molar-refractivity contribution in [2.45, 2.75) is 31.2 Å². The molecule has 8 nitrogen and oxygen atoms in total. The van der Waals surface area contributed by atoms with Gasteiger partial charge in [0.05, 0.1) is 40.4 Å². The van der Waals surface area contributed by atoms with Crippen LogP contribution in [0.5, 0.6) is 23.0 Å². The molecule has 2 amide bonds. The Kier molecular flexibility index (Phi) is 6.86. The molecule has 0 radical (unpaired) electrons. The average Bonchev–Trinajstić information content (AvgIpc) is 2.89. The molecule has 2 atom stereocenters. The molecule has 8 heteroatoms. The van der Waals surface area contributed by atoms with E-state index in [0.717, 1.165) is 24.8 Å². The van der Waals surface area contributed by atoms with Crippen molar-refractivity contribution in [2.24, 2.45) is 0 Å². The third-order valence-corrected chi connectivity index (χ3v) is 6.86. The van der Waals surface area contributed by atoms with Gasteiger partial charge in [-0.15, -0.1) is 0 Å². The summed E-state index contributed by atoms with van der Waals surface area (Å²) in [5.41, 5.74) is 1.90. The molecule has 0 unspecified atom stereocenters. The van der Waals surface area contributed by atoms with Gasteiger partial charge in [0.25, 0.3) is 5.91 Å². The van der Waals surface area contributed by atoms with E-state index < -0.39 is 12.0 Å². The molecule has 1 saturated heterocycles. The predicted octanol–water partition coefficient (Wildman–Crippen LogP) is 3.64. The van der Waals surface area contributed by atoms with Crippen LogP contribution in [0.25, 0.3) is 0 Å². The van der Waals surface area contributed by atoms with E-state index in [1.54, 1.807) is 51.5 Å². The molecule has 0 aromatic heterocycles. The fourth-order valence-corrected chi connectivity index (χ4v) is 5.08. The molecule has 0 bridgehead atoms. The minimum absolute atomic E-state index is 0.00676. The van der Waals surface area contributed by atoms with Crippen LogP contribution >= 0.6 is 0 Å². The van der Waals surface area contributed by atoms with Crippen molar-refractivity contribution in [2.75, 3.05) is 48.6 Å². The fourth-order valence-electron chi connectivity index (χ4n) is 5.08. The quantitative estimate of drug-likeness (QED) is 0.644. The molecule has 4 rings (SSSR count). The number of hydrogen-bond donors (Lipinski definition) is 0. The van der Waals surface area contributed by atoms with Crippen LogP contribution in [0.3, 0.4) is 0 Å². The SMILES string of the molecule is COc1ccc([C@@H]2[C@H](C(=O)N3CCCCC3)c3cc(OC)c(OC)cc3C(=O)N2C)cc1OC. The number of rotatable bonds is 6. The highest BCUT2D eigenvalue weighted by molar-refractivity contribution is 6.02. The van der Waals surface area contributed by atoms with E-state index in [4.69, 9.17) is 18.9 Å². The standard InChI is InChI=1S/C26H32N2O6/c1-27-24(16-9-10-19(31-2)20(13-16)32-3)23(26(30)28-11-7-6-8-12-28)17-14-21(33-4)22(34-5)15-18(17)25(27)29/h9-10,13-15,23-24H,6-8,11-12H2,1-5H3/t23-,24-/m1/s1. The van der Waals surface area contributed by atoms with Crippen LogP contribution in [0.4, 0.5) is 0 Å². The van der Waals surface area contributed by atoms with E-state index in [2.05, 4.69) is 0 Å². The minimum Gasteiger partial charge on any atom is -0.493 e. The molecule has 2 aromatic rings. The second-order valence-electron chi connectivity index (χ2n) is 8.63. The van der Waals surface area contributed by atoms with Crippen molar-refractivity contribution in [1.29, 1.82) is 0 Å². The lowest BCUT2D eigenvalue weighted by atomic mass is 9.78. The van der Waals surface area contributed by atoms with Crippen LogP contribution in [-0.2, 0) is 4.79 Å². The lowest BCUT2D eigenvalue weighted by Gasteiger charge is -2.42. The van der Waals surface area contributed by atoms with Crippen molar-refractivity contribution in [1.82, 2.24) is 9.80 Å². The molecule has 182 valence electrons. The van der Waals surface area contributed by atoms with Crippen molar-refractivity contribution >= 4 is 11.8 Å². The van der Waals surface area contributed by atoms with Crippen molar-refractivity contribution in [3.63, 3.8) is 0 Å². The number of piperidine rings is 1. The van der Waals surface area contributed by atoms with Crippen LogP contribution in [0.15, 0.2) is 30.3 Å². The Labute approximate surface area is 200 Å². The lowest BCUT2D eigenvalue weighted by Crippen LogP contribution is -2.48. The first-order chi connectivity index (χ1) is 16.4. The Morgan fingerprint density at radius 3 is 2.03 bits per heavy atom. The first-order valence-electron chi connectivity index (χ1n) is 11.5. The molecular formula is C26H32N2O6. The number of carbonyl (C=O) groups excluding carboxylic acids is 2. The summed E-state index contributed by atoms with van der Waals surface area (Å²) in [6.45, 7) is 1.43. The maximum absolute atomic E-state index is 14.0. The molecule has 2 aliphatic heterocycles. The summed E-state index contributed by atoms with van der Waals surface area (Å²) in [4.78, 5) is 31.1. The number of hydrogen-bond acceptors (Lipinski definition) is 6. The zero-order valence-corrected chi connectivity index (χ0v) is 20.4. The highest BCUT2D eigenvalue weighted by atomic mass is 16.5. The van der Waals surface area contributed by atoms with Gasteiger partial charge < -0.3 is 28.7 Å². The summed E-state index contributed by atoms with van der Waals surface area (Å²) < 4.78 is 21.9. The molecule has 1 fully saturated rings. The molecule has 2 aliphatic rings. The molecule has 34 heavy (non-hydrogen) atoms. The molecule has 0 spiro atoms. The number of amides is 2. The molecular weight excluding hydrogens is 436 g/mol. The predicted molar refractivity (Wildman–Crippen MR) is 127 cm³/mol.